The molecular weight excluding hydrogens is 147 g/mol. The Hall–Kier alpha value is -0.0951. The van der Waals surface area contributed by atoms with Crippen LogP contribution in [-0.4, -0.2) is 41.2 Å². The van der Waals surface area contributed by atoms with Crippen LogP contribution in [0.15, 0.2) is 0 Å². The van der Waals surface area contributed by atoms with E-state index in [0.717, 1.165) is 0 Å². The maximum Gasteiger partial charge on any atom is 0.435 e. The van der Waals surface area contributed by atoms with Crippen molar-refractivity contribution in [1.82, 2.24) is 0 Å². The van der Waals surface area contributed by atoms with Gasteiger partial charge < -0.3 is 19.9 Å². The first-order valence-electron chi connectivity index (χ1n) is 3.57. The molecule has 0 aliphatic heterocycles. The van der Waals surface area contributed by atoms with Crippen LogP contribution < -0.4 is 0 Å². The van der Waals surface area contributed by atoms with Crippen molar-refractivity contribution < 1.29 is 19.9 Å². The fraction of sp³-hybridized carbons (Fsp3) is 1.00. The topological polar surface area (TPSA) is 69.9 Å². The molecule has 0 aliphatic carbocycles. The smallest absolute Gasteiger partial charge is 0.430 e. The fourth-order valence-electron chi connectivity index (χ4n) is 0.961. The molecule has 0 amide bonds. The SMILES string of the molecule is CC(O)CC(C)(O)COBO. The summed E-state index contributed by atoms with van der Waals surface area (Å²) in [6, 6.07) is 0. The van der Waals surface area contributed by atoms with E-state index in [1.807, 2.05) is 0 Å². The predicted molar refractivity (Wildman–Crippen MR) is 42.2 cm³/mol. The van der Waals surface area contributed by atoms with Crippen molar-refractivity contribution in [3.05, 3.63) is 0 Å². The van der Waals surface area contributed by atoms with Crippen LogP contribution in [0.5, 0.6) is 0 Å². The number of aliphatic hydroxyl groups is 2. The minimum atomic E-state index is -1.06. The lowest BCUT2D eigenvalue weighted by molar-refractivity contribution is -0.0273. The van der Waals surface area contributed by atoms with Crippen LogP contribution in [0.2, 0.25) is 0 Å². The summed E-state index contributed by atoms with van der Waals surface area (Å²) >= 11 is 0. The van der Waals surface area contributed by atoms with Crippen LogP contribution in [-0.2, 0) is 4.65 Å². The van der Waals surface area contributed by atoms with E-state index in [9.17, 15) is 5.11 Å². The molecule has 3 N–H and O–H groups in total. The van der Waals surface area contributed by atoms with Gasteiger partial charge in [0.25, 0.3) is 0 Å². The summed E-state index contributed by atoms with van der Waals surface area (Å²) in [5.41, 5.74) is -1.06. The van der Waals surface area contributed by atoms with Crippen LogP contribution in [0.1, 0.15) is 20.3 Å². The van der Waals surface area contributed by atoms with E-state index in [2.05, 4.69) is 4.65 Å². The average molecular weight is 162 g/mol. The summed E-state index contributed by atoms with van der Waals surface area (Å²) in [5, 5.41) is 26.6. The Morgan fingerprint density at radius 3 is 2.55 bits per heavy atom. The highest BCUT2D eigenvalue weighted by atomic mass is 16.5. The zero-order valence-corrected chi connectivity index (χ0v) is 6.95. The second-order valence-electron chi connectivity index (χ2n) is 3.03. The van der Waals surface area contributed by atoms with Crippen LogP contribution in [0, 0.1) is 0 Å². The molecule has 11 heavy (non-hydrogen) atoms. The Morgan fingerprint density at radius 1 is 1.64 bits per heavy atom. The summed E-state index contributed by atoms with van der Waals surface area (Å²) in [7, 11) is -0.407. The zero-order chi connectivity index (χ0) is 8.91. The second-order valence-corrected chi connectivity index (χ2v) is 3.03. The molecule has 0 radical (unpaired) electrons. The third kappa shape index (κ3) is 6.31. The zero-order valence-electron chi connectivity index (χ0n) is 6.95. The van der Waals surface area contributed by atoms with Crippen LogP contribution in [0.4, 0.5) is 0 Å². The van der Waals surface area contributed by atoms with Gasteiger partial charge in [-0.1, -0.05) is 0 Å². The van der Waals surface area contributed by atoms with E-state index in [4.69, 9.17) is 10.1 Å². The van der Waals surface area contributed by atoms with Crippen molar-refractivity contribution in [2.45, 2.75) is 32.0 Å². The Labute approximate surface area is 67.1 Å². The number of hydrogen-bond donors (Lipinski definition) is 3. The summed E-state index contributed by atoms with van der Waals surface area (Å²) < 4.78 is 4.59. The van der Waals surface area contributed by atoms with E-state index >= 15 is 0 Å². The highest BCUT2D eigenvalue weighted by Crippen LogP contribution is 2.11. The largest absolute Gasteiger partial charge is 0.435 e. The minimum Gasteiger partial charge on any atom is -0.430 e. The lowest BCUT2D eigenvalue weighted by Gasteiger charge is -2.23. The molecular formula is C6H15BO4. The summed E-state index contributed by atoms with van der Waals surface area (Å²) in [6.07, 6.45) is -0.320. The molecule has 0 rings (SSSR count). The van der Waals surface area contributed by atoms with Crippen LogP contribution in [0.3, 0.4) is 0 Å². The van der Waals surface area contributed by atoms with Gasteiger partial charge in [-0.25, -0.2) is 0 Å². The molecule has 0 aliphatic rings. The van der Waals surface area contributed by atoms with Crippen molar-refractivity contribution in [3.8, 4) is 0 Å². The summed E-state index contributed by atoms with van der Waals surface area (Å²) in [4.78, 5) is 0. The first kappa shape index (κ1) is 10.9. The molecule has 2 atom stereocenters. The van der Waals surface area contributed by atoms with Crippen molar-refractivity contribution in [1.29, 1.82) is 0 Å². The Kier molecular flexibility index (Phi) is 4.68. The Morgan fingerprint density at radius 2 is 2.18 bits per heavy atom. The van der Waals surface area contributed by atoms with Crippen molar-refractivity contribution in [2.75, 3.05) is 6.61 Å². The molecule has 0 spiro atoms. The molecule has 2 unspecified atom stereocenters. The Bertz CT molecular complexity index is 105. The number of aliphatic hydroxyl groups excluding tert-OH is 1. The number of rotatable bonds is 5. The highest BCUT2D eigenvalue weighted by molar-refractivity contribution is 6.15. The van der Waals surface area contributed by atoms with Gasteiger partial charge in [0.05, 0.1) is 18.3 Å². The maximum atomic E-state index is 9.42. The molecule has 0 aromatic carbocycles. The lowest BCUT2D eigenvalue weighted by atomic mass is 10.0. The van der Waals surface area contributed by atoms with E-state index in [0.29, 0.717) is 0 Å². The van der Waals surface area contributed by atoms with Gasteiger partial charge in [0, 0.05) is 6.42 Å². The molecule has 66 valence electrons. The van der Waals surface area contributed by atoms with Gasteiger partial charge in [-0.3, -0.25) is 0 Å². The van der Waals surface area contributed by atoms with Crippen LogP contribution >= 0.6 is 0 Å². The predicted octanol–water partition coefficient (Wildman–Crippen LogP) is -1.22. The van der Waals surface area contributed by atoms with E-state index in [1.54, 1.807) is 13.8 Å². The van der Waals surface area contributed by atoms with Gasteiger partial charge >= 0.3 is 7.69 Å². The fourth-order valence-corrected chi connectivity index (χ4v) is 0.961. The monoisotopic (exact) mass is 162 g/mol. The standard InChI is InChI=1S/C6H15BO4/c1-5(8)3-6(2,9)4-11-7-10/h5,7-10H,3-4H2,1-2H3. The van der Waals surface area contributed by atoms with Crippen molar-refractivity contribution in [3.63, 3.8) is 0 Å². The molecule has 0 aromatic heterocycles. The molecule has 0 saturated carbocycles. The average Bonchev–Trinajstić information content (AvgIpc) is 1.81. The normalized spacial score (nSPS) is 19.0. The van der Waals surface area contributed by atoms with Gasteiger partial charge in [-0.05, 0) is 13.8 Å². The first-order chi connectivity index (χ1) is 4.98. The quantitative estimate of drug-likeness (QED) is 0.443. The maximum absolute atomic E-state index is 9.42. The summed E-state index contributed by atoms with van der Waals surface area (Å²) in [6.45, 7) is 3.18. The summed E-state index contributed by atoms with van der Waals surface area (Å²) in [5.74, 6) is 0. The number of hydrogen-bond acceptors (Lipinski definition) is 4. The van der Waals surface area contributed by atoms with Gasteiger partial charge in [-0.15, -0.1) is 0 Å². The van der Waals surface area contributed by atoms with Crippen molar-refractivity contribution >= 4 is 7.69 Å². The van der Waals surface area contributed by atoms with Gasteiger partial charge in [0.1, 0.15) is 0 Å². The molecule has 0 fully saturated rings. The first-order valence-corrected chi connectivity index (χ1v) is 3.57. The third-order valence-electron chi connectivity index (χ3n) is 1.24. The van der Waals surface area contributed by atoms with Gasteiger partial charge in [-0.2, -0.15) is 0 Å². The lowest BCUT2D eigenvalue weighted by Crippen LogP contribution is -2.34. The van der Waals surface area contributed by atoms with Gasteiger partial charge in [0.2, 0.25) is 0 Å². The highest BCUT2D eigenvalue weighted by Gasteiger charge is 2.22. The molecule has 5 heteroatoms. The molecule has 0 bridgehead atoms. The molecule has 0 saturated heterocycles. The third-order valence-corrected chi connectivity index (χ3v) is 1.24. The van der Waals surface area contributed by atoms with E-state index < -0.39 is 19.4 Å². The molecule has 0 aromatic rings. The molecule has 0 heterocycles. The molecule has 4 nitrogen and oxygen atoms in total. The Balaban J connectivity index is 3.61. The second kappa shape index (κ2) is 4.72. The minimum absolute atomic E-state index is 0.0361. The van der Waals surface area contributed by atoms with E-state index in [1.165, 1.54) is 0 Å². The van der Waals surface area contributed by atoms with E-state index in [-0.39, 0.29) is 13.0 Å². The van der Waals surface area contributed by atoms with Crippen molar-refractivity contribution in [2.24, 2.45) is 0 Å². The van der Waals surface area contributed by atoms with Gasteiger partial charge in [0.15, 0.2) is 0 Å². The van der Waals surface area contributed by atoms with Crippen LogP contribution in [0.25, 0.3) is 0 Å².